The Morgan fingerprint density at radius 3 is 2.59 bits per heavy atom. The van der Waals surface area contributed by atoms with E-state index in [-0.39, 0.29) is 11.5 Å². The SMILES string of the molecule is C=C(Nc1cc(C(F)(F)F)cnc1NC)c1ncc(C2(C#N)CC2)cc1SCC. The lowest BCUT2D eigenvalue weighted by Gasteiger charge is -2.18. The van der Waals surface area contributed by atoms with E-state index in [1.54, 1.807) is 25.0 Å². The Balaban J connectivity index is 1.94. The zero-order chi connectivity index (χ0) is 21.2. The van der Waals surface area contributed by atoms with Crippen LogP contribution in [0.1, 0.15) is 36.6 Å². The highest BCUT2D eigenvalue weighted by atomic mass is 32.2. The molecule has 0 radical (unpaired) electrons. The van der Waals surface area contributed by atoms with Crippen molar-refractivity contribution in [1.82, 2.24) is 9.97 Å². The molecule has 1 aliphatic rings. The van der Waals surface area contributed by atoms with Gasteiger partial charge in [-0.15, -0.1) is 11.8 Å². The topological polar surface area (TPSA) is 73.6 Å². The monoisotopic (exact) mass is 419 g/mol. The van der Waals surface area contributed by atoms with E-state index in [2.05, 4.69) is 33.2 Å². The van der Waals surface area contributed by atoms with Crippen LogP contribution in [-0.4, -0.2) is 22.8 Å². The Hall–Kier alpha value is -2.73. The highest BCUT2D eigenvalue weighted by Gasteiger charge is 2.45. The average Bonchev–Trinajstić information content (AvgIpc) is 3.48. The van der Waals surface area contributed by atoms with Crippen molar-refractivity contribution in [3.63, 3.8) is 0 Å². The summed E-state index contributed by atoms with van der Waals surface area (Å²) in [7, 11) is 1.58. The fourth-order valence-electron chi connectivity index (χ4n) is 2.92. The van der Waals surface area contributed by atoms with Crippen LogP contribution in [0, 0.1) is 11.3 Å². The van der Waals surface area contributed by atoms with Crippen molar-refractivity contribution in [3.05, 3.63) is 47.9 Å². The molecule has 29 heavy (non-hydrogen) atoms. The molecule has 0 unspecified atom stereocenters. The van der Waals surface area contributed by atoms with Crippen LogP contribution in [-0.2, 0) is 11.6 Å². The van der Waals surface area contributed by atoms with E-state index in [4.69, 9.17) is 0 Å². The van der Waals surface area contributed by atoms with E-state index < -0.39 is 17.2 Å². The Labute approximate surface area is 171 Å². The lowest BCUT2D eigenvalue weighted by molar-refractivity contribution is -0.137. The summed E-state index contributed by atoms with van der Waals surface area (Å²) in [4.78, 5) is 9.14. The number of aromatic nitrogens is 2. The molecule has 2 aromatic rings. The van der Waals surface area contributed by atoms with E-state index in [1.807, 2.05) is 13.0 Å². The standard InChI is InChI=1S/C20H20F3N5S/c1-4-29-16-8-13(19(11-24)5-6-19)9-26-17(16)12(2)28-15-7-14(20(21,22)23)10-27-18(15)25-3/h7-10,28H,2,4-6H2,1,3H3,(H,25,27). The fourth-order valence-corrected chi connectivity index (χ4v) is 3.76. The number of alkyl halides is 3. The van der Waals surface area contributed by atoms with Crippen LogP contribution in [0.15, 0.2) is 36.0 Å². The second-order valence-corrected chi connectivity index (χ2v) is 7.97. The summed E-state index contributed by atoms with van der Waals surface area (Å²) in [5.41, 5.74) is 0.585. The summed E-state index contributed by atoms with van der Waals surface area (Å²) < 4.78 is 39.2. The summed E-state index contributed by atoms with van der Waals surface area (Å²) in [6.07, 6.45) is -0.456. The molecule has 2 heterocycles. The molecular weight excluding hydrogens is 399 g/mol. The van der Waals surface area contributed by atoms with Crippen molar-refractivity contribution in [1.29, 1.82) is 5.26 Å². The van der Waals surface area contributed by atoms with Crippen molar-refractivity contribution in [3.8, 4) is 6.07 Å². The van der Waals surface area contributed by atoms with E-state index >= 15 is 0 Å². The van der Waals surface area contributed by atoms with Gasteiger partial charge in [0.15, 0.2) is 0 Å². The number of halogens is 3. The molecule has 0 bridgehead atoms. The quantitative estimate of drug-likeness (QED) is 0.595. The molecule has 0 aliphatic heterocycles. The van der Waals surface area contributed by atoms with Crippen LogP contribution in [0.2, 0.25) is 0 Å². The summed E-state index contributed by atoms with van der Waals surface area (Å²) in [6, 6.07) is 5.27. The van der Waals surface area contributed by atoms with Crippen molar-refractivity contribution >= 4 is 29.0 Å². The maximum absolute atomic E-state index is 13.1. The summed E-state index contributed by atoms with van der Waals surface area (Å²) in [6.45, 7) is 5.96. The molecule has 5 nitrogen and oxygen atoms in total. The van der Waals surface area contributed by atoms with Crippen LogP contribution < -0.4 is 10.6 Å². The number of anilines is 2. The lowest BCUT2D eigenvalue weighted by Crippen LogP contribution is -2.11. The van der Waals surface area contributed by atoms with Crippen molar-refractivity contribution in [2.75, 3.05) is 23.4 Å². The van der Waals surface area contributed by atoms with Gasteiger partial charge in [0.1, 0.15) is 5.82 Å². The van der Waals surface area contributed by atoms with Gasteiger partial charge >= 0.3 is 6.18 Å². The smallest absolute Gasteiger partial charge is 0.371 e. The minimum absolute atomic E-state index is 0.154. The maximum Gasteiger partial charge on any atom is 0.417 e. The van der Waals surface area contributed by atoms with Crippen LogP contribution in [0.4, 0.5) is 24.7 Å². The number of hydrogen-bond donors (Lipinski definition) is 2. The maximum atomic E-state index is 13.1. The summed E-state index contributed by atoms with van der Waals surface area (Å²) in [5, 5.41) is 15.1. The number of nitrogens with zero attached hydrogens (tertiary/aromatic N) is 3. The average molecular weight is 419 g/mol. The lowest BCUT2D eigenvalue weighted by atomic mass is 9.99. The third-order valence-electron chi connectivity index (χ3n) is 4.69. The Kier molecular flexibility index (Phi) is 5.75. The van der Waals surface area contributed by atoms with E-state index in [9.17, 15) is 18.4 Å². The van der Waals surface area contributed by atoms with Crippen LogP contribution in [0.25, 0.3) is 5.70 Å². The van der Waals surface area contributed by atoms with Crippen molar-refractivity contribution in [2.45, 2.75) is 36.3 Å². The molecule has 2 N–H and O–H groups in total. The van der Waals surface area contributed by atoms with Gasteiger partial charge in [0.05, 0.1) is 34.1 Å². The molecule has 1 aliphatic carbocycles. The first-order valence-electron chi connectivity index (χ1n) is 9.00. The number of nitrogens with one attached hydrogen (secondary N) is 2. The van der Waals surface area contributed by atoms with Gasteiger partial charge < -0.3 is 10.6 Å². The van der Waals surface area contributed by atoms with Gasteiger partial charge in [0.25, 0.3) is 0 Å². The normalized spacial score (nSPS) is 14.8. The molecule has 2 aromatic heterocycles. The van der Waals surface area contributed by atoms with Crippen LogP contribution in [0.5, 0.6) is 0 Å². The minimum Gasteiger partial charge on any atom is -0.371 e. The molecule has 152 valence electrons. The Bertz CT molecular complexity index is 977. The number of nitriles is 1. The van der Waals surface area contributed by atoms with Crippen LogP contribution >= 0.6 is 11.8 Å². The third-order valence-corrected chi connectivity index (χ3v) is 5.60. The second kappa shape index (κ2) is 7.95. The molecule has 9 heteroatoms. The first-order chi connectivity index (χ1) is 13.7. The molecule has 1 fully saturated rings. The second-order valence-electron chi connectivity index (χ2n) is 6.67. The van der Waals surface area contributed by atoms with Gasteiger partial charge in [-0.2, -0.15) is 18.4 Å². The molecule has 0 amide bonds. The predicted molar refractivity (Wildman–Crippen MR) is 109 cm³/mol. The highest BCUT2D eigenvalue weighted by molar-refractivity contribution is 7.99. The Morgan fingerprint density at radius 2 is 2.03 bits per heavy atom. The van der Waals surface area contributed by atoms with Gasteiger partial charge in [-0.3, -0.25) is 4.98 Å². The summed E-state index contributed by atoms with van der Waals surface area (Å²) >= 11 is 1.54. The van der Waals surface area contributed by atoms with Crippen LogP contribution in [0.3, 0.4) is 0 Å². The van der Waals surface area contributed by atoms with E-state index in [0.29, 0.717) is 11.4 Å². The van der Waals surface area contributed by atoms with Gasteiger partial charge in [0, 0.05) is 24.3 Å². The van der Waals surface area contributed by atoms with Gasteiger partial charge in [0.2, 0.25) is 0 Å². The van der Waals surface area contributed by atoms with Gasteiger partial charge in [-0.1, -0.05) is 13.5 Å². The molecular formula is C20H20F3N5S. The first-order valence-corrected chi connectivity index (χ1v) is 9.98. The van der Waals surface area contributed by atoms with E-state index in [0.717, 1.165) is 41.3 Å². The predicted octanol–water partition coefficient (Wildman–Crippen LogP) is 5.29. The number of pyridine rings is 2. The largest absolute Gasteiger partial charge is 0.417 e. The first kappa shape index (κ1) is 21.0. The molecule has 3 rings (SSSR count). The Morgan fingerprint density at radius 1 is 1.31 bits per heavy atom. The van der Waals surface area contributed by atoms with Gasteiger partial charge in [-0.05, 0) is 36.3 Å². The zero-order valence-electron chi connectivity index (χ0n) is 16.0. The highest BCUT2D eigenvalue weighted by Crippen LogP contribution is 2.48. The molecule has 0 spiro atoms. The number of thioether (sulfide) groups is 1. The molecule has 0 aromatic carbocycles. The number of hydrogen-bond acceptors (Lipinski definition) is 6. The van der Waals surface area contributed by atoms with Gasteiger partial charge in [-0.25, -0.2) is 4.98 Å². The van der Waals surface area contributed by atoms with Crippen molar-refractivity contribution < 1.29 is 13.2 Å². The van der Waals surface area contributed by atoms with E-state index in [1.165, 1.54) is 0 Å². The molecule has 0 saturated heterocycles. The zero-order valence-corrected chi connectivity index (χ0v) is 16.8. The summed E-state index contributed by atoms with van der Waals surface area (Å²) in [5.74, 6) is 1.04. The fraction of sp³-hybridized carbons (Fsp3) is 0.350. The minimum atomic E-state index is -4.50. The molecule has 1 saturated carbocycles. The molecule has 0 atom stereocenters. The third kappa shape index (κ3) is 4.32. The number of rotatable bonds is 7. The van der Waals surface area contributed by atoms with Crippen molar-refractivity contribution in [2.24, 2.45) is 0 Å².